The Labute approximate surface area is 145 Å². The van der Waals surface area contributed by atoms with Gasteiger partial charge in [-0.25, -0.2) is 13.1 Å². The van der Waals surface area contributed by atoms with E-state index in [9.17, 15) is 21.6 Å². The van der Waals surface area contributed by atoms with Crippen molar-refractivity contribution in [2.24, 2.45) is 0 Å². The predicted octanol–water partition coefficient (Wildman–Crippen LogP) is 4.61. The van der Waals surface area contributed by atoms with E-state index in [1.54, 1.807) is 12.1 Å². The van der Waals surface area contributed by atoms with Crippen molar-refractivity contribution in [1.29, 1.82) is 0 Å². The van der Waals surface area contributed by atoms with Crippen LogP contribution in [-0.4, -0.2) is 8.42 Å². The van der Waals surface area contributed by atoms with Crippen LogP contribution in [-0.2, 0) is 16.2 Å². The SMILES string of the molecule is C=CCC(NS(=O)(=O)c1ccc(C)cc1)c1ccc(C(F)(F)F)cc1. The second-order valence-electron chi connectivity index (χ2n) is 5.63. The first kappa shape index (κ1) is 19.2. The van der Waals surface area contributed by atoms with Crippen LogP contribution in [0.15, 0.2) is 66.1 Å². The number of sulfonamides is 1. The second kappa shape index (κ2) is 7.41. The fourth-order valence-electron chi connectivity index (χ4n) is 2.30. The Hall–Kier alpha value is -2.12. The van der Waals surface area contributed by atoms with Crippen molar-refractivity contribution in [1.82, 2.24) is 4.72 Å². The van der Waals surface area contributed by atoms with Crippen molar-refractivity contribution >= 4 is 10.0 Å². The van der Waals surface area contributed by atoms with E-state index >= 15 is 0 Å². The maximum Gasteiger partial charge on any atom is 0.416 e. The van der Waals surface area contributed by atoms with Gasteiger partial charge in [-0.2, -0.15) is 13.2 Å². The Balaban J connectivity index is 2.28. The quantitative estimate of drug-likeness (QED) is 0.756. The van der Waals surface area contributed by atoms with E-state index in [-0.39, 0.29) is 11.3 Å². The number of hydrogen-bond donors (Lipinski definition) is 1. The average molecular weight is 369 g/mol. The van der Waals surface area contributed by atoms with E-state index in [1.807, 2.05) is 6.92 Å². The van der Waals surface area contributed by atoms with Crippen LogP contribution < -0.4 is 4.72 Å². The molecule has 0 saturated heterocycles. The molecule has 7 heteroatoms. The zero-order valence-electron chi connectivity index (χ0n) is 13.5. The third kappa shape index (κ3) is 4.93. The molecule has 0 spiro atoms. The van der Waals surface area contributed by atoms with Gasteiger partial charge in [-0.15, -0.1) is 6.58 Å². The molecule has 0 bridgehead atoms. The molecule has 1 atom stereocenters. The summed E-state index contributed by atoms with van der Waals surface area (Å²) in [5, 5.41) is 0. The highest BCUT2D eigenvalue weighted by molar-refractivity contribution is 7.89. The smallest absolute Gasteiger partial charge is 0.207 e. The number of halogens is 3. The van der Waals surface area contributed by atoms with Crippen LogP contribution >= 0.6 is 0 Å². The van der Waals surface area contributed by atoms with Crippen LogP contribution in [0.5, 0.6) is 0 Å². The topological polar surface area (TPSA) is 46.2 Å². The van der Waals surface area contributed by atoms with Gasteiger partial charge in [-0.3, -0.25) is 0 Å². The van der Waals surface area contributed by atoms with Crippen molar-refractivity contribution in [2.45, 2.75) is 30.5 Å². The van der Waals surface area contributed by atoms with Gasteiger partial charge in [0.05, 0.1) is 16.5 Å². The zero-order chi connectivity index (χ0) is 18.7. The van der Waals surface area contributed by atoms with Gasteiger partial charge < -0.3 is 0 Å². The molecule has 1 unspecified atom stereocenters. The molecule has 0 aliphatic heterocycles. The Bertz CT molecular complexity index is 826. The third-order valence-electron chi connectivity index (χ3n) is 3.67. The van der Waals surface area contributed by atoms with Crippen molar-refractivity contribution in [3.05, 3.63) is 77.9 Å². The van der Waals surface area contributed by atoms with Crippen molar-refractivity contribution in [2.75, 3.05) is 0 Å². The highest BCUT2D eigenvalue weighted by Gasteiger charge is 2.30. The largest absolute Gasteiger partial charge is 0.416 e. The highest BCUT2D eigenvalue weighted by Crippen LogP contribution is 2.30. The summed E-state index contributed by atoms with van der Waals surface area (Å²) in [5.74, 6) is 0. The first-order chi connectivity index (χ1) is 11.6. The minimum atomic E-state index is -4.44. The molecule has 0 radical (unpaired) electrons. The van der Waals surface area contributed by atoms with Gasteiger partial charge >= 0.3 is 6.18 Å². The molecule has 0 fully saturated rings. The van der Waals surface area contributed by atoms with Crippen LogP contribution in [0.1, 0.15) is 29.2 Å². The van der Waals surface area contributed by atoms with Crippen LogP contribution in [0.2, 0.25) is 0 Å². The van der Waals surface area contributed by atoms with Gasteiger partial charge in [-0.05, 0) is 43.2 Å². The number of hydrogen-bond acceptors (Lipinski definition) is 2. The molecule has 134 valence electrons. The molecule has 2 aromatic carbocycles. The lowest BCUT2D eigenvalue weighted by Gasteiger charge is -2.18. The summed E-state index contributed by atoms with van der Waals surface area (Å²) in [6.07, 6.45) is -2.68. The van der Waals surface area contributed by atoms with E-state index < -0.39 is 27.8 Å². The zero-order valence-corrected chi connectivity index (χ0v) is 14.4. The summed E-state index contributed by atoms with van der Waals surface area (Å²) in [5.41, 5.74) is 0.572. The second-order valence-corrected chi connectivity index (χ2v) is 7.35. The molecular formula is C18H18F3NO2S. The van der Waals surface area contributed by atoms with Crippen LogP contribution in [0.4, 0.5) is 13.2 Å². The Morgan fingerprint density at radius 1 is 1.08 bits per heavy atom. The fourth-order valence-corrected chi connectivity index (χ4v) is 3.53. The molecule has 0 heterocycles. The molecule has 0 aliphatic rings. The standard InChI is InChI=1S/C18H18F3NO2S/c1-3-4-17(14-7-9-15(10-8-14)18(19,20)21)22-25(23,24)16-11-5-13(2)6-12-16/h3,5-12,17,22H,1,4H2,2H3. The number of alkyl halides is 3. The van der Waals surface area contributed by atoms with E-state index in [0.29, 0.717) is 5.56 Å². The van der Waals surface area contributed by atoms with Crippen molar-refractivity contribution in [3.63, 3.8) is 0 Å². The first-order valence-electron chi connectivity index (χ1n) is 7.50. The Morgan fingerprint density at radius 3 is 2.12 bits per heavy atom. The van der Waals surface area contributed by atoms with Gasteiger partial charge in [0, 0.05) is 0 Å². The molecule has 2 aromatic rings. The van der Waals surface area contributed by atoms with Gasteiger partial charge in [0.25, 0.3) is 0 Å². The molecule has 0 aromatic heterocycles. The molecule has 0 aliphatic carbocycles. The number of nitrogens with one attached hydrogen (secondary N) is 1. The number of rotatable bonds is 6. The lowest BCUT2D eigenvalue weighted by Crippen LogP contribution is -2.28. The highest BCUT2D eigenvalue weighted by atomic mass is 32.2. The summed E-state index contributed by atoms with van der Waals surface area (Å²) in [6, 6.07) is 10.0. The average Bonchev–Trinajstić information content (AvgIpc) is 2.54. The molecule has 1 N–H and O–H groups in total. The Morgan fingerprint density at radius 2 is 1.64 bits per heavy atom. The van der Waals surface area contributed by atoms with Crippen LogP contribution in [0, 0.1) is 6.92 Å². The molecule has 25 heavy (non-hydrogen) atoms. The predicted molar refractivity (Wildman–Crippen MR) is 90.5 cm³/mol. The third-order valence-corrected chi connectivity index (χ3v) is 5.16. The van der Waals surface area contributed by atoms with Gasteiger partial charge in [0.1, 0.15) is 0 Å². The summed E-state index contributed by atoms with van der Waals surface area (Å²) < 4.78 is 65.5. The minimum absolute atomic E-state index is 0.0964. The molecular weight excluding hydrogens is 351 g/mol. The monoisotopic (exact) mass is 369 g/mol. The molecule has 3 nitrogen and oxygen atoms in total. The summed E-state index contributed by atoms with van der Waals surface area (Å²) in [4.78, 5) is 0.0964. The minimum Gasteiger partial charge on any atom is -0.207 e. The van der Waals surface area contributed by atoms with E-state index in [0.717, 1.165) is 17.7 Å². The van der Waals surface area contributed by atoms with Crippen LogP contribution in [0.3, 0.4) is 0 Å². The summed E-state index contributed by atoms with van der Waals surface area (Å²) >= 11 is 0. The maximum atomic E-state index is 12.7. The van der Waals surface area contributed by atoms with E-state index in [1.165, 1.54) is 30.3 Å². The molecule has 0 amide bonds. The van der Waals surface area contributed by atoms with Crippen molar-refractivity contribution in [3.8, 4) is 0 Å². The number of aryl methyl sites for hydroxylation is 1. The summed E-state index contributed by atoms with van der Waals surface area (Å²) in [7, 11) is -3.81. The van der Waals surface area contributed by atoms with Crippen LogP contribution in [0.25, 0.3) is 0 Å². The molecule has 2 rings (SSSR count). The van der Waals surface area contributed by atoms with Gasteiger partial charge in [-0.1, -0.05) is 35.9 Å². The summed E-state index contributed by atoms with van der Waals surface area (Å²) in [6.45, 7) is 5.42. The van der Waals surface area contributed by atoms with Gasteiger partial charge in [0.2, 0.25) is 10.0 Å². The number of benzene rings is 2. The molecule has 0 saturated carbocycles. The lowest BCUT2D eigenvalue weighted by atomic mass is 10.0. The van der Waals surface area contributed by atoms with Gasteiger partial charge in [0.15, 0.2) is 0 Å². The normalized spacial score (nSPS) is 13.4. The lowest BCUT2D eigenvalue weighted by molar-refractivity contribution is -0.137. The Kier molecular flexibility index (Phi) is 5.69. The maximum absolute atomic E-state index is 12.7. The van der Waals surface area contributed by atoms with E-state index in [2.05, 4.69) is 11.3 Å². The fraction of sp³-hybridized carbons (Fsp3) is 0.222. The first-order valence-corrected chi connectivity index (χ1v) is 8.99. The van der Waals surface area contributed by atoms with E-state index in [4.69, 9.17) is 0 Å². The van der Waals surface area contributed by atoms with Crippen molar-refractivity contribution < 1.29 is 21.6 Å².